The predicted molar refractivity (Wildman–Crippen MR) is 139 cm³/mol. The number of nitrogens with zero attached hydrogens (tertiary/aromatic N) is 1. The number of hydrogen-bond acceptors (Lipinski definition) is 9. The number of aliphatic hydroxyl groups excluding tert-OH is 2. The Balaban J connectivity index is 1.81. The lowest BCUT2D eigenvalue weighted by Crippen LogP contribution is -2.62. The van der Waals surface area contributed by atoms with Gasteiger partial charge in [-0.1, -0.05) is 30.3 Å². The Bertz CT molecular complexity index is 1050. The second-order valence-corrected chi connectivity index (χ2v) is 12.1. The van der Waals surface area contributed by atoms with Crippen LogP contribution in [0.3, 0.4) is 0 Å². The molecule has 1 saturated heterocycles. The van der Waals surface area contributed by atoms with E-state index in [2.05, 4.69) is 5.32 Å². The lowest BCUT2D eigenvalue weighted by atomic mass is 9.93. The van der Waals surface area contributed by atoms with Crippen LogP contribution in [-0.2, 0) is 35.2 Å². The van der Waals surface area contributed by atoms with Crippen LogP contribution in [0, 0.1) is 5.92 Å². The summed E-state index contributed by atoms with van der Waals surface area (Å²) in [5, 5.41) is 23.6. The molecule has 0 aromatic heterocycles. The molecule has 2 aliphatic rings. The van der Waals surface area contributed by atoms with Gasteiger partial charge in [-0.25, -0.2) is 9.59 Å². The average molecular weight is 549 g/mol. The van der Waals surface area contributed by atoms with Gasteiger partial charge in [0.1, 0.15) is 36.0 Å². The first-order valence-electron chi connectivity index (χ1n) is 13.2. The molecule has 3 N–H and O–H groups in total. The van der Waals surface area contributed by atoms with Crippen molar-refractivity contribution in [3.63, 3.8) is 0 Å². The van der Waals surface area contributed by atoms with Crippen molar-refractivity contribution in [2.75, 3.05) is 0 Å². The number of hydrogen-bond donors (Lipinski definition) is 3. The van der Waals surface area contributed by atoms with E-state index in [1.165, 1.54) is 4.90 Å². The topological polar surface area (TPSA) is 152 Å². The van der Waals surface area contributed by atoms with Gasteiger partial charge < -0.3 is 34.6 Å². The number of carbonyl (C=O) groups excluding carboxylic acids is 4. The standard InChI is InChI=1S/C28H40N2O9/c1-27(2,3)38-20(31)13-12-18(29-26(36)37-15-16-10-8-7-9-11-16)24(34)30-19-14-17(22(32)23(19)33)21(30)25(35)39-28(4,5)6/h7-11,17-19,21-23,32-33H,12-15H2,1-6H3,(H,29,36)/t17-,18-,19-,21-,22-,23+/m0/s1. The molecule has 1 aliphatic heterocycles. The zero-order valence-electron chi connectivity index (χ0n) is 23.4. The third kappa shape index (κ3) is 7.92. The Morgan fingerprint density at radius 2 is 1.59 bits per heavy atom. The number of benzene rings is 1. The summed E-state index contributed by atoms with van der Waals surface area (Å²) in [6.45, 7) is 10.2. The fourth-order valence-electron chi connectivity index (χ4n) is 5.00. The van der Waals surface area contributed by atoms with E-state index >= 15 is 0 Å². The van der Waals surface area contributed by atoms with Crippen LogP contribution in [0.15, 0.2) is 30.3 Å². The molecule has 3 rings (SSSR count). The molecule has 0 radical (unpaired) electrons. The third-order valence-corrected chi connectivity index (χ3v) is 6.52. The average Bonchev–Trinajstić information content (AvgIpc) is 3.35. The fraction of sp³-hybridized carbons (Fsp3) is 0.643. The zero-order valence-corrected chi connectivity index (χ0v) is 23.4. The van der Waals surface area contributed by atoms with Gasteiger partial charge in [-0.3, -0.25) is 9.59 Å². The molecular formula is C28H40N2O9. The molecule has 2 bridgehead atoms. The molecule has 6 atom stereocenters. The van der Waals surface area contributed by atoms with Crippen LogP contribution in [0.1, 0.15) is 66.4 Å². The number of aliphatic hydroxyl groups is 2. The molecule has 1 saturated carbocycles. The summed E-state index contributed by atoms with van der Waals surface area (Å²) in [4.78, 5) is 53.3. The molecule has 216 valence electrons. The molecule has 2 amide bonds. The zero-order chi connectivity index (χ0) is 29.1. The van der Waals surface area contributed by atoms with Gasteiger partial charge in [0, 0.05) is 12.3 Å². The van der Waals surface area contributed by atoms with Crippen LogP contribution in [0.25, 0.3) is 0 Å². The number of carbonyl (C=O) groups is 4. The maximum atomic E-state index is 13.9. The Kier molecular flexibility index (Phi) is 9.27. The van der Waals surface area contributed by atoms with Crippen molar-refractivity contribution >= 4 is 23.9 Å². The van der Waals surface area contributed by atoms with Gasteiger partial charge in [0.15, 0.2) is 0 Å². The second kappa shape index (κ2) is 11.9. The number of alkyl carbamates (subject to hydrolysis) is 1. The number of likely N-dealkylation sites (tertiary alicyclic amines) is 1. The van der Waals surface area contributed by atoms with Crippen molar-refractivity contribution in [3.05, 3.63) is 35.9 Å². The Hall–Kier alpha value is -3.18. The first kappa shape index (κ1) is 30.4. The largest absolute Gasteiger partial charge is 0.460 e. The van der Waals surface area contributed by atoms with Crippen LogP contribution in [-0.4, -0.2) is 80.6 Å². The van der Waals surface area contributed by atoms with Crippen LogP contribution >= 0.6 is 0 Å². The smallest absolute Gasteiger partial charge is 0.408 e. The normalized spacial score (nSPS) is 25.1. The monoisotopic (exact) mass is 548 g/mol. The summed E-state index contributed by atoms with van der Waals surface area (Å²) in [7, 11) is 0. The lowest BCUT2D eigenvalue weighted by molar-refractivity contribution is -0.174. The molecule has 1 aromatic carbocycles. The van der Waals surface area contributed by atoms with E-state index in [1.54, 1.807) is 65.8 Å². The summed E-state index contributed by atoms with van der Waals surface area (Å²) >= 11 is 0. The van der Waals surface area contributed by atoms with Crippen LogP contribution in [0.2, 0.25) is 0 Å². The van der Waals surface area contributed by atoms with Crippen molar-refractivity contribution < 1.29 is 43.6 Å². The van der Waals surface area contributed by atoms with E-state index in [1.807, 2.05) is 6.07 Å². The van der Waals surface area contributed by atoms with Crippen LogP contribution < -0.4 is 5.32 Å². The van der Waals surface area contributed by atoms with Crippen LogP contribution in [0.4, 0.5) is 4.79 Å². The number of amides is 2. The number of ether oxygens (including phenoxy) is 3. The van der Waals surface area contributed by atoms with Crippen molar-refractivity contribution in [3.8, 4) is 0 Å². The van der Waals surface area contributed by atoms with Gasteiger partial charge in [0.25, 0.3) is 0 Å². The summed E-state index contributed by atoms with van der Waals surface area (Å²) in [6.07, 6.45) is -3.51. The van der Waals surface area contributed by atoms with Gasteiger partial charge >= 0.3 is 18.0 Å². The Labute approximate surface area is 228 Å². The molecule has 1 aromatic rings. The van der Waals surface area contributed by atoms with E-state index in [9.17, 15) is 29.4 Å². The van der Waals surface area contributed by atoms with Crippen molar-refractivity contribution in [2.45, 2.75) is 109 Å². The minimum Gasteiger partial charge on any atom is -0.460 e. The molecule has 2 fully saturated rings. The quantitative estimate of drug-likeness (QED) is 0.327. The highest BCUT2D eigenvalue weighted by atomic mass is 16.6. The minimum atomic E-state index is -1.27. The SMILES string of the molecule is CC(C)(C)OC(=O)CC[C@H](NC(=O)OCc1ccccc1)C(=O)N1[C@H](C(=O)OC(C)(C)C)[C@@H]2C[C@H]1[C@@H](O)[C@H]2O. The van der Waals surface area contributed by atoms with Crippen molar-refractivity contribution in [1.29, 1.82) is 0 Å². The first-order chi connectivity index (χ1) is 18.1. The Morgan fingerprint density at radius 1 is 0.974 bits per heavy atom. The molecule has 11 nitrogen and oxygen atoms in total. The third-order valence-electron chi connectivity index (χ3n) is 6.52. The van der Waals surface area contributed by atoms with Crippen molar-refractivity contribution in [2.24, 2.45) is 5.92 Å². The lowest BCUT2D eigenvalue weighted by Gasteiger charge is -2.41. The molecule has 0 unspecified atom stereocenters. The Morgan fingerprint density at radius 3 is 2.18 bits per heavy atom. The molecule has 39 heavy (non-hydrogen) atoms. The van der Waals surface area contributed by atoms with Gasteiger partial charge in [0.2, 0.25) is 5.91 Å². The van der Waals surface area contributed by atoms with Gasteiger partial charge in [-0.15, -0.1) is 0 Å². The van der Waals surface area contributed by atoms with E-state index in [0.29, 0.717) is 0 Å². The fourth-order valence-corrected chi connectivity index (χ4v) is 5.00. The van der Waals surface area contributed by atoms with E-state index in [0.717, 1.165) is 5.56 Å². The number of piperidine rings is 1. The van der Waals surface area contributed by atoms with E-state index < -0.39 is 71.4 Å². The number of esters is 2. The molecule has 0 spiro atoms. The molecule has 1 heterocycles. The highest BCUT2D eigenvalue weighted by Gasteiger charge is 2.61. The second-order valence-electron chi connectivity index (χ2n) is 12.1. The van der Waals surface area contributed by atoms with Gasteiger partial charge in [-0.2, -0.15) is 0 Å². The van der Waals surface area contributed by atoms with Gasteiger partial charge in [-0.05, 0) is 59.9 Å². The molecule has 11 heteroatoms. The summed E-state index contributed by atoms with van der Waals surface area (Å²) in [5.41, 5.74) is -0.857. The maximum absolute atomic E-state index is 13.9. The first-order valence-corrected chi connectivity index (χ1v) is 13.2. The van der Waals surface area contributed by atoms with E-state index in [-0.39, 0.29) is 25.9 Å². The van der Waals surface area contributed by atoms with Crippen molar-refractivity contribution in [1.82, 2.24) is 10.2 Å². The summed E-state index contributed by atoms with van der Waals surface area (Å²) in [5.74, 6) is -2.71. The van der Waals surface area contributed by atoms with E-state index in [4.69, 9.17) is 14.2 Å². The maximum Gasteiger partial charge on any atom is 0.408 e. The minimum absolute atomic E-state index is 0.0422. The highest BCUT2D eigenvalue weighted by Crippen LogP contribution is 2.44. The van der Waals surface area contributed by atoms with Crippen LogP contribution in [0.5, 0.6) is 0 Å². The predicted octanol–water partition coefficient (Wildman–Crippen LogP) is 2.07. The molecule has 1 aliphatic carbocycles. The number of rotatable bonds is 8. The molecular weight excluding hydrogens is 508 g/mol. The summed E-state index contributed by atoms with van der Waals surface area (Å²) in [6, 6.07) is 5.67. The van der Waals surface area contributed by atoms with Gasteiger partial charge in [0.05, 0.1) is 12.1 Å². The number of fused-ring (bicyclic) bond motifs is 2. The number of nitrogens with one attached hydrogen (secondary N) is 1. The highest BCUT2D eigenvalue weighted by molar-refractivity contribution is 5.91. The summed E-state index contributed by atoms with van der Waals surface area (Å²) < 4.78 is 16.2.